The molecule has 0 radical (unpaired) electrons. The van der Waals surface area contributed by atoms with Crippen LogP contribution < -0.4 is 23.2 Å². The van der Waals surface area contributed by atoms with Gasteiger partial charge in [0, 0.05) is 125 Å². The molecule has 0 saturated carbocycles. The Balaban J connectivity index is 0.000000108. The fourth-order valence-electron chi connectivity index (χ4n) is 24.5. The average molecular weight is 1810 g/mol. The van der Waals surface area contributed by atoms with Gasteiger partial charge in [0.25, 0.3) is 22.6 Å². The van der Waals surface area contributed by atoms with Crippen LogP contribution in [0.15, 0.2) is 250 Å². The van der Waals surface area contributed by atoms with Gasteiger partial charge >= 0.3 is 0 Å². The van der Waals surface area contributed by atoms with Gasteiger partial charge in [-0.05, 0) is 167 Å². The Bertz CT molecular complexity index is 8190. The number of hydrogen-bond donors (Lipinski definition) is 0. The van der Waals surface area contributed by atoms with Crippen LogP contribution in [0.4, 0.5) is 5.69 Å². The smallest absolute Gasteiger partial charge is 0.297 e. The largest absolute Gasteiger partial charge is 0.359 e. The van der Waals surface area contributed by atoms with Gasteiger partial charge in [-0.25, -0.2) is 18.3 Å². The average Bonchev–Trinajstić information content (AvgIpc) is 1.55. The molecule has 0 N–H and O–H groups in total. The predicted octanol–water partition coefficient (Wildman–Crippen LogP) is 27.9. The highest BCUT2D eigenvalue weighted by atomic mass is 15.4. The van der Waals surface area contributed by atoms with Gasteiger partial charge < -0.3 is 9.80 Å². The van der Waals surface area contributed by atoms with Crippen LogP contribution in [0.3, 0.4) is 0 Å². The predicted molar refractivity (Wildman–Crippen MR) is 575 cm³/mol. The van der Waals surface area contributed by atoms with Crippen molar-refractivity contribution in [3.63, 3.8) is 0 Å². The van der Waals surface area contributed by atoms with Gasteiger partial charge in [0.1, 0.15) is 40.6 Å². The second kappa shape index (κ2) is 32.7. The van der Waals surface area contributed by atoms with Gasteiger partial charge in [-0.1, -0.05) is 299 Å². The molecule has 1 atom stereocenters. The Morgan fingerprint density at radius 3 is 1.24 bits per heavy atom. The first-order valence-corrected chi connectivity index (χ1v) is 49.8. The van der Waals surface area contributed by atoms with E-state index in [1.807, 2.05) is 12.4 Å². The minimum absolute atomic E-state index is 0.0196. The van der Waals surface area contributed by atoms with E-state index >= 15 is 0 Å². The summed E-state index contributed by atoms with van der Waals surface area (Å²) in [5, 5.41) is 13.2. The number of nitrogens with zero attached hydrogens (tertiary/aromatic N) is 12. The van der Waals surface area contributed by atoms with Crippen molar-refractivity contribution in [1.82, 2.24) is 32.5 Å². The van der Waals surface area contributed by atoms with E-state index in [9.17, 15) is 0 Å². The van der Waals surface area contributed by atoms with E-state index < -0.39 is 0 Å². The van der Waals surface area contributed by atoms with Crippen LogP contribution in [0.25, 0.3) is 143 Å². The van der Waals surface area contributed by atoms with Gasteiger partial charge in [0.2, 0.25) is 0 Å². The molecule has 0 spiro atoms. The number of imidazole rings is 4. The molecule has 24 rings (SSSR count). The molecular formula is C125H138N12+4. The van der Waals surface area contributed by atoms with Crippen LogP contribution >= 0.6 is 0 Å². The number of pyridine rings is 6. The van der Waals surface area contributed by atoms with Crippen LogP contribution in [0.1, 0.15) is 207 Å². The van der Waals surface area contributed by atoms with Crippen molar-refractivity contribution in [3.05, 3.63) is 339 Å². The molecule has 0 unspecified atom stereocenters. The van der Waals surface area contributed by atoms with Gasteiger partial charge in [0.15, 0.2) is 34.2 Å². The maximum Gasteiger partial charge on any atom is 0.297 e. The van der Waals surface area contributed by atoms with Gasteiger partial charge in [-0.15, -0.1) is 0 Å². The molecule has 0 saturated heterocycles. The molecular weight excluding hydrogens is 1670 g/mol. The van der Waals surface area contributed by atoms with Crippen molar-refractivity contribution in [2.45, 2.75) is 225 Å². The molecule has 12 heteroatoms. The third-order valence-electron chi connectivity index (χ3n) is 33.8. The lowest BCUT2D eigenvalue weighted by Crippen LogP contribution is -2.44. The topological polar surface area (TPSA) is 65.4 Å². The fourth-order valence-corrected chi connectivity index (χ4v) is 24.5. The molecule has 137 heavy (non-hydrogen) atoms. The van der Waals surface area contributed by atoms with Crippen LogP contribution in [0.2, 0.25) is 0 Å². The Morgan fingerprint density at radius 1 is 0.343 bits per heavy atom. The van der Waals surface area contributed by atoms with Crippen molar-refractivity contribution in [2.75, 3.05) is 11.9 Å². The van der Waals surface area contributed by atoms with Crippen LogP contribution in [-0.2, 0) is 73.5 Å². The number of hydrogen-bond acceptors (Lipinski definition) is 4. The zero-order valence-electron chi connectivity index (χ0n) is 86.7. The lowest BCUT2D eigenvalue weighted by atomic mass is 9.60. The fraction of sp³-hybridized carbons (Fsp3) is 0.328. The summed E-state index contributed by atoms with van der Waals surface area (Å²) in [7, 11) is 10.9. The second-order valence-electron chi connectivity index (χ2n) is 44.5. The summed E-state index contributed by atoms with van der Waals surface area (Å²) in [4.78, 5) is 14.3. The Labute approximate surface area is 809 Å². The van der Waals surface area contributed by atoms with E-state index in [2.05, 4.69) is 491 Å². The maximum absolute atomic E-state index is 4.96. The van der Waals surface area contributed by atoms with Crippen LogP contribution in [0.5, 0.6) is 0 Å². The van der Waals surface area contributed by atoms with Crippen molar-refractivity contribution in [1.29, 1.82) is 0 Å². The van der Waals surface area contributed by atoms with E-state index in [0.29, 0.717) is 18.0 Å². The van der Waals surface area contributed by atoms with Crippen molar-refractivity contribution in [3.8, 4) is 33.8 Å². The van der Waals surface area contributed by atoms with E-state index in [-0.39, 0.29) is 32.5 Å². The van der Waals surface area contributed by atoms with Crippen molar-refractivity contribution in [2.24, 2.45) is 40.0 Å². The van der Waals surface area contributed by atoms with Crippen molar-refractivity contribution < 1.29 is 18.3 Å². The zero-order chi connectivity index (χ0) is 97.2. The molecule has 0 fully saturated rings. The summed E-state index contributed by atoms with van der Waals surface area (Å²) in [5.74, 6) is 1.22. The summed E-state index contributed by atoms with van der Waals surface area (Å²) < 4.78 is 19.7. The monoisotopic (exact) mass is 1810 g/mol. The molecule has 0 bridgehead atoms. The van der Waals surface area contributed by atoms with Crippen molar-refractivity contribution >= 4 is 115 Å². The number of benzene rings is 10. The molecule has 4 aliphatic heterocycles. The second-order valence-corrected chi connectivity index (χ2v) is 44.5. The summed E-state index contributed by atoms with van der Waals surface area (Å²) in [6.07, 6.45) is 15.4. The van der Waals surface area contributed by atoms with Crippen LogP contribution in [0, 0.1) is 67.2 Å². The Kier molecular flexibility index (Phi) is 21.8. The molecule has 14 heterocycles. The summed E-state index contributed by atoms with van der Waals surface area (Å²) in [6.45, 7) is 58.1. The first-order valence-electron chi connectivity index (χ1n) is 49.8. The third-order valence-corrected chi connectivity index (χ3v) is 33.8. The highest BCUT2D eigenvalue weighted by molar-refractivity contribution is 6.18. The number of rotatable bonds is 8. The van der Waals surface area contributed by atoms with Gasteiger partial charge in [0.05, 0.1) is 71.5 Å². The molecule has 0 amide bonds. The lowest BCUT2D eigenvalue weighted by Gasteiger charge is -2.43. The molecule has 10 aromatic carbocycles. The quantitative estimate of drug-likeness (QED) is 0.112. The van der Waals surface area contributed by atoms with Crippen LogP contribution in [-0.4, -0.2) is 45.7 Å². The standard InChI is InChI=1S/C31H35N2.C30H31N2.C29H30N3.C23H26N3.C12H16N2/c1-20(2)17-23-12-10-13-24(18-21(3)4)30(23)28-19-32(6)31-29-22(5)11-9-15-26(29)25-14-7-8-16-27(25)33(28)31;1-18-12-11-15-21-23-19(2)16-17-22-26(23)32-27(30(5,6)29(22,3)4)25(20-13-9-8-10-14-20)31(7)28(32)24(18)21;1-17-13-14-20-25-21(17)23-22(18(2)15-16-30-23)27-31(7)24(19-11-9-8-10-12-19)26(32(25)27)29(5,6)28(20,3)4;1-13-8-9-15-20-17(13)19-18(14(2)10-11-24-19)21-25(7)12-16(26(20)21)23(5,6)22(15,3)4;1-10-6-4-5-7-12(10)14-9-8-13(3)11(14)2/h7-16,19-21H,17-18H2,1-6H3;8-17H,1-7H3;8-16H,1-7H3;8-12H,1-7H3;4-9,11H,1-3H3/q4*+1;/t;;;;11-/m....0/s1. The first-order chi connectivity index (χ1) is 65.1. The van der Waals surface area contributed by atoms with Gasteiger partial charge in [-0.3, -0.25) is 9.97 Å². The Hall–Kier alpha value is -13.3. The number of para-hydroxylation sites is 2. The molecule has 20 aromatic rings. The zero-order valence-corrected chi connectivity index (χ0v) is 86.7. The van der Waals surface area contributed by atoms with E-state index in [4.69, 9.17) is 9.97 Å². The Morgan fingerprint density at radius 2 is 0.737 bits per heavy atom. The molecule has 4 aliphatic rings. The minimum atomic E-state index is -0.0820. The third kappa shape index (κ3) is 13.4. The normalized spacial score (nSPS) is 16.1. The highest BCUT2D eigenvalue weighted by Crippen LogP contribution is 2.58. The van der Waals surface area contributed by atoms with E-state index in [0.717, 1.165) is 23.9 Å². The highest BCUT2D eigenvalue weighted by Gasteiger charge is 2.56. The van der Waals surface area contributed by atoms with E-state index in [1.54, 1.807) is 0 Å². The number of fused-ring (bicyclic) bond motifs is 15. The summed E-state index contributed by atoms with van der Waals surface area (Å²) >= 11 is 0. The number of anilines is 1. The summed E-state index contributed by atoms with van der Waals surface area (Å²) in [5.41, 5.74) is 43.5. The SMILES string of the molecule is Cc1ccc2c3c1c1cccc(C)c1c1n3c(c(-c3ccccc3)[n+]1C)C(C)(C)C2(C)C.Cc1ccc2c3c1c1nccc(C)c1c1n3c(c(-c3ccccc3)[n+]1C)C(C)(C)C2(C)C.Cc1ccc2c3c1c1nccc(C)c1c1n3c(c[n+]1C)C(C)(C)C2(C)C.Cc1cccc2c3ccccc3n3c(-c4c(CC(C)C)cccc4CC(C)C)c[n+](C)c3c12.Cc1ccccc1N1C=CN(C)[C@@H]1C. The maximum atomic E-state index is 4.96. The van der Waals surface area contributed by atoms with E-state index in [1.165, 1.54) is 227 Å². The first kappa shape index (κ1) is 91.4. The number of aromatic nitrogens is 10. The summed E-state index contributed by atoms with van der Waals surface area (Å²) in [6, 6.07) is 77.8. The molecule has 0 aliphatic carbocycles. The molecule has 10 aromatic heterocycles. The number of aryl methyl sites for hydroxylation is 12. The minimum Gasteiger partial charge on any atom is -0.359 e. The van der Waals surface area contributed by atoms with Gasteiger partial charge in [-0.2, -0.15) is 17.6 Å². The lowest BCUT2D eigenvalue weighted by molar-refractivity contribution is -0.643. The molecule has 12 nitrogen and oxygen atoms in total. The molecule has 694 valence electrons.